The fraction of sp³-hybridized carbons (Fsp3) is 0.611. The second-order valence-electron chi connectivity index (χ2n) is 15.9. The zero-order valence-corrected chi connectivity index (χ0v) is 31.7. The summed E-state index contributed by atoms with van der Waals surface area (Å²) in [5, 5.41) is 4.95. The number of hydrogen-bond donors (Lipinski definition) is 0. The van der Waals surface area contributed by atoms with Gasteiger partial charge < -0.3 is 19.1 Å². The van der Waals surface area contributed by atoms with Crippen LogP contribution in [0.2, 0.25) is 51.4 Å². The van der Waals surface area contributed by atoms with E-state index in [9.17, 15) is 4.79 Å². The van der Waals surface area contributed by atoms with E-state index < -0.39 is 16.1 Å². The summed E-state index contributed by atoms with van der Waals surface area (Å²) in [5.74, 6) is 3.18. The molecule has 0 amide bonds. The largest absolute Gasteiger partial charge is 0.494 e. The van der Waals surface area contributed by atoms with Gasteiger partial charge in [0.2, 0.25) is 0 Å². The fourth-order valence-corrected chi connectivity index (χ4v) is 8.44. The minimum absolute atomic E-state index is 0.290. The molecule has 0 unspecified atom stereocenters. The van der Waals surface area contributed by atoms with E-state index in [1.807, 2.05) is 23.7 Å². The number of nitrogens with zero attached hydrogens (tertiary/aromatic N) is 5. The van der Waals surface area contributed by atoms with E-state index in [-0.39, 0.29) is 5.92 Å². The molecule has 2 aliphatic rings. The zero-order chi connectivity index (χ0) is 33.8. The number of anilines is 1. The van der Waals surface area contributed by atoms with E-state index in [0.717, 1.165) is 76.9 Å². The molecule has 2 bridgehead atoms. The lowest BCUT2D eigenvalue weighted by Crippen LogP contribution is -2.34. The number of carbonyl (C=O) groups is 1. The van der Waals surface area contributed by atoms with Crippen LogP contribution < -0.4 is 4.90 Å². The van der Waals surface area contributed by atoms with Gasteiger partial charge in [0.15, 0.2) is 11.9 Å². The predicted molar refractivity (Wildman–Crippen MR) is 195 cm³/mol. The summed E-state index contributed by atoms with van der Waals surface area (Å²) < 4.78 is 21.0. The lowest BCUT2D eigenvalue weighted by atomic mass is 9.78. The first-order valence-corrected chi connectivity index (χ1v) is 24.8. The third kappa shape index (κ3) is 8.98. The predicted octanol–water partition coefficient (Wildman–Crippen LogP) is 8.34. The van der Waals surface area contributed by atoms with Crippen molar-refractivity contribution in [3.05, 3.63) is 48.1 Å². The first-order chi connectivity index (χ1) is 22.4. The van der Waals surface area contributed by atoms with Gasteiger partial charge in [0.05, 0.1) is 24.1 Å². The van der Waals surface area contributed by atoms with Gasteiger partial charge in [-0.15, -0.1) is 0 Å². The Bertz CT molecular complexity index is 1500. The van der Waals surface area contributed by atoms with Crippen molar-refractivity contribution < 1.29 is 19.0 Å². The molecule has 0 aromatic carbocycles. The maximum absolute atomic E-state index is 11.4. The van der Waals surface area contributed by atoms with Crippen molar-refractivity contribution >= 4 is 39.7 Å². The molecular formula is C36H55N5O4Si2. The Balaban J connectivity index is 1.66. The standard InChI is InChI=1S/C36H55N5O4Si2/c1-9-45-26(2)33-34(30-19-27-10-11-28(18-27)20-30)39-35-32(29-12-13-31(23-42)37-21-29)22-38-41(35)36(33)40(24-43-14-16-46(3,4)5)25-44-15-17-47(6,7)8/h12-13,21-23,27-28,30H,2,9-11,14-20,24-25H2,1,3-8H3/t27-,28+,30+. The number of pyridine rings is 1. The summed E-state index contributed by atoms with van der Waals surface area (Å²) in [7, 11) is -2.57. The third-order valence-corrected chi connectivity index (χ3v) is 12.9. The van der Waals surface area contributed by atoms with Crippen LogP contribution in [0.1, 0.15) is 66.7 Å². The Labute approximate surface area is 283 Å². The molecule has 2 saturated carbocycles. The molecule has 3 atom stereocenters. The van der Waals surface area contributed by atoms with Crippen molar-refractivity contribution in [3.8, 4) is 11.1 Å². The van der Waals surface area contributed by atoms with Gasteiger partial charge in [0.1, 0.15) is 30.7 Å². The molecule has 0 aliphatic heterocycles. The first-order valence-electron chi connectivity index (χ1n) is 17.4. The quantitative estimate of drug-likeness (QED) is 0.0463. The molecule has 3 aromatic rings. The number of rotatable bonds is 17. The summed E-state index contributed by atoms with van der Waals surface area (Å²) in [5.41, 5.74) is 4.79. The van der Waals surface area contributed by atoms with E-state index >= 15 is 0 Å². The highest BCUT2D eigenvalue weighted by molar-refractivity contribution is 6.76. The molecule has 9 nitrogen and oxygen atoms in total. The normalized spacial score (nSPS) is 19.7. The Morgan fingerprint density at radius 3 is 2.15 bits per heavy atom. The van der Waals surface area contributed by atoms with Crippen LogP contribution in [0.5, 0.6) is 0 Å². The molecule has 0 radical (unpaired) electrons. The van der Waals surface area contributed by atoms with Gasteiger partial charge in [-0.3, -0.25) is 9.78 Å². The van der Waals surface area contributed by atoms with Crippen LogP contribution in [0.25, 0.3) is 22.5 Å². The molecule has 0 saturated heterocycles. The summed E-state index contributed by atoms with van der Waals surface area (Å²) in [6, 6.07) is 5.81. The molecule has 0 spiro atoms. The number of fused-ring (bicyclic) bond motifs is 3. The van der Waals surface area contributed by atoms with E-state index in [1.165, 1.54) is 19.3 Å². The van der Waals surface area contributed by atoms with Crippen LogP contribution in [0.4, 0.5) is 5.82 Å². The van der Waals surface area contributed by atoms with Crippen molar-refractivity contribution in [1.82, 2.24) is 19.6 Å². The molecule has 3 aromatic heterocycles. The number of aromatic nitrogens is 4. The van der Waals surface area contributed by atoms with Gasteiger partial charge in [-0.2, -0.15) is 9.61 Å². The minimum Gasteiger partial charge on any atom is -0.494 e. The molecule has 3 heterocycles. The summed E-state index contributed by atoms with van der Waals surface area (Å²) in [4.78, 5) is 23.3. The summed E-state index contributed by atoms with van der Waals surface area (Å²) >= 11 is 0. The summed E-state index contributed by atoms with van der Waals surface area (Å²) in [6.45, 7) is 23.3. The molecular weight excluding hydrogens is 623 g/mol. The smallest absolute Gasteiger partial charge is 0.168 e. The highest BCUT2D eigenvalue weighted by Gasteiger charge is 2.38. The lowest BCUT2D eigenvalue weighted by molar-refractivity contribution is 0.0941. The molecule has 11 heteroatoms. The third-order valence-electron chi connectivity index (χ3n) is 9.52. The number of hydrogen-bond acceptors (Lipinski definition) is 8. The van der Waals surface area contributed by atoms with Crippen molar-refractivity contribution in [1.29, 1.82) is 0 Å². The average molecular weight is 678 g/mol. The van der Waals surface area contributed by atoms with Gasteiger partial charge in [-0.1, -0.05) is 64.8 Å². The molecule has 47 heavy (non-hydrogen) atoms. The van der Waals surface area contributed by atoms with Gasteiger partial charge >= 0.3 is 0 Å². The number of aldehydes is 1. The van der Waals surface area contributed by atoms with E-state index in [2.05, 4.69) is 55.7 Å². The fourth-order valence-electron chi connectivity index (χ4n) is 6.93. The second-order valence-corrected chi connectivity index (χ2v) is 27.1. The van der Waals surface area contributed by atoms with Crippen molar-refractivity contribution in [2.75, 3.05) is 38.2 Å². The van der Waals surface area contributed by atoms with E-state index in [4.69, 9.17) is 24.3 Å². The molecule has 2 fully saturated rings. The topological polar surface area (TPSA) is 91.1 Å². The van der Waals surface area contributed by atoms with Crippen molar-refractivity contribution in [3.63, 3.8) is 0 Å². The molecule has 0 N–H and O–H groups in total. The van der Waals surface area contributed by atoms with Crippen LogP contribution >= 0.6 is 0 Å². The zero-order valence-electron chi connectivity index (χ0n) is 29.7. The lowest BCUT2D eigenvalue weighted by Gasteiger charge is -2.33. The van der Waals surface area contributed by atoms with Gasteiger partial charge in [-0.05, 0) is 56.2 Å². The first kappa shape index (κ1) is 35.4. The van der Waals surface area contributed by atoms with Crippen molar-refractivity contribution in [2.24, 2.45) is 11.8 Å². The van der Waals surface area contributed by atoms with Gasteiger partial charge in [0, 0.05) is 52.6 Å². The van der Waals surface area contributed by atoms with Crippen LogP contribution in [0.3, 0.4) is 0 Å². The maximum Gasteiger partial charge on any atom is 0.168 e. The number of ether oxygens (including phenoxy) is 3. The van der Waals surface area contributed by atoms with Crippen LogP contribution in [0.15, 0.2) is 31.1 Å². The Kier molecular flexibility index (Phi) is 11.4. The Morgan fingerprint density at radius 1 is 0.979 bits per heavy atom. The minimum atomic E-state index is -1.28. The Morgan fingerprint density at radius 2 is 1.62 bits per heavy atom. The molecule has 5 rings (SSSR count). The van der Waals surface area contributed by atoms with E-state index in [1.54, 1.807) is 12.3 Å². The van der Waals surface area contributed by atoms with Crippen LogP contribution in [-0.4, -0.2) is 75.3 Å². The molecule has 2 aliphatic carbocycles. The molecule has 256 valence electrons. The van der Waals surface area contributed by atoms with Gasteiger partial charge in [0.25, 0.3) is 0 Å². The highest BCUT2D eigenvalue weighted by atomic mass is 28.3. The highest BCUT2D eigenvalue weighted by Crippen LogP contribution is 2.50. The number of carbonyl (C=O) groups excluding carboxylic acids is 1. The van der Waals surface area contributed by atoms with Crippen LogP contribution in [0, 0.1) is 11.8 Å². The summed E-state index contributed by atoms with van der Waals surface area (Å²) in [6.07, 6.45) is 10.5. The SMILES string of the molecule is C=C(OCC)c1c([C@H]2C[C@@H]3CC[C@@H](C3)C2)nc2c(-c3ccc(C=O)nc3)cnn2c1N(COCC[Si](C)(C)C)COCC[Si](C)(C)C. The van der Waals surface area contributed by atoms with Crippen LogP contribution in [-0.2, 0) is 14.2 Å². The van der Waals surface area contributed by atoms with Gasteiger partial charge in [-0.25, -0.2) is 4.98 Å². The monoisotopic (exact) mass is 677 g/mol. The van der Waals surface area contributed by atoms with E-state index in [0.29, 0.717) is 44.7 Å². The maximum atomic E-state index is 11.4. The second kappa shape index (κ2) is 15.1. The Hall–Kier alpha value is -2.87. The average Bonchev–Trinajstić information content (AvgIpc) is 3.60. The van der Waals surface area contributed by atoms with Crippen molar-refractivity contribution in [2.45, 2.75) is 96.3 Å².